The van der Waals surface area contributed by atoms with Crippen LogP contribution in [0.25, 0.3) is 0 Å². The molecule has 0 saturated carbocycles. The standard InChI is InChI=1S/C14H21ClO2/c1-4-14(3,17-5-2)13(16)10-11-6-8-12(15)9-7-11/h6-9,13,16H,4-5,10H2,1-3H3. The summed E-state index contributed by atoms with van der Waals surface area (Å²) in [6.07, 6.45) is 0.866. The summed E-state index contributed by atoms with van der Waals surface area (Å²) in [6.45, 7) is 6.54. The third-order valence-corrected chi connectivity index (χ3v) is 3.48. The van der Waals surface area contributed by atoms with E-state index in [1.807, 2.05) is 45.0 Å². The fourth-order valence-corrected chi connectivity index (χ4v) is 1.95. The Kier molecular flexibility index (Phi) is 5.44. The van der Waals surface area contributed by atoms with Crippen molar-refractivity contribution in [3.8, 4) is 0 Å². The van der Waals surface area contributed by atoms with Crippen LogP contribution in [0.4, 0.5) is 0 Å². The van der Waals surface area contributed by atoms with E-state index in [9.17, 15) is 5.11 Å². The summed E-state index contributed by atoms with van der Waals surface area (Å²) < 4.78 is 5.66. The van der Waals surface area contributed by atoms with Gasteiger partial charge in [0.1, 0.15) is 0 Å². The lowest BCUT2D eigenvalue weighted by molar-refractivity contribution is -0.110. The highest BCUT2D eigenvalue weighted by atomic mass is 35.5. The Morgan fingerprint density at radius 2 is 1.88 bits per heavy atom. The Hall–Kier alpha value is -0.570. The largest absolute Gasteiger partial charge is 0.390 e. The normalized spacial score (nSPS) is 16.5. The van der Waals surface area contributed by atoms with Crippen molar-refractivity contribution in [1.29, 1.82) is 0 Å². The van der Waals surface area contributed by atoms with Crippen molar-refractivity contribution in [1.82, 2.24) is 0 Å². The molecule has 0 aromatic heterocycles. The van der Waals surface area contributed by atoms with E-state index in [1.165, 1.54) is 0 Å². The third kappa shape index (κ3) is 3.98. The van der Waals surface area contributed by atoms with Crippen LogP contribution in [-0.2, 0) is 11.2 Å². The van der Waals surface area contributed by atoms with Crippen molar-refractivity contribution in [2.24, 2.45) is 0 Å². The second-order valence-corrected chi connectivity index (χ2v) is 4.88. The molecule has 0 amide bonds. The smallest absolute Gasteiger partial charge is 0.0912 e. The van der Waals surface area contributed by atoms with Gasteiger partial charge in [-0.2, -0.15) is 0 Å². The van der Waals surface area contributed by atoms with Gasteiger partial charge < -0.3 is 9.84 Å². The number of ether oxygens (including phenoxy) is 1. The lowest BCUT2D eigenvalue weighted by atomic mass is 9.91. The van der Waals surface area contributed by atoms with E-state index in [0.717, 1.165) is 12.0 Å². The first kappa shape index (κ1) is 14.5. The summed E-state index contributed by atoms with van der Waals surface area (Å²) in [5.41, 5.74) is 0.593. The Morgan fingerprint density at radius 3 is 2.35 bits per heavy atom. The molecule has 17 heavy (non-hydrogen) atoms. The molecule has 2 atom stereocenters. The zero-order chi connectivity index (χ0) is 12.9. The third-order valence-electron chi connectivity index (χ3n) is 3.22. The first-order chi connectivity index (χ1) is 8.01. The molecule has 3 heteroatoms. The molecule has 1 aromatic carbocycles. The Morgan fingerprint density at radius 1 is 1.29 bits per heavy atom. The van der Waals surface area contributed by atoms with Gasteiger partial charge in [0, 0.05) is 18.1 Å². The van der Waals surface area contributed by atoms with Crippen molar-refractivity contribution >= 4 is 11.6 Å². The van der Waals surface area contributed by atoms with E-state index in [2.05, 4.69) is 0 Å². The van der Waals surface area contributed by atoms with Crippen LogP contribution in [0.3, 0.4) is 0 Å². The van der Waals surface area contributed by atoms with Gasteiger partial charge in [-0.1, -0.05) is 30.7 Å². The monoisotopic (exact) mass is 256 g/mol. The number of halogens is 1. The van der Waals surface area contributed by atoms with Gasteiger partial charge in [-0.25, -0.2) is 0 Å². The van der Waals surface area contributed by atoms with Crippen LogP contribution < -0.4 is 0 Å². The molecule has 1 N–H and O–H groups in total. The first-order valence-electron chi connectivity index (χ1n) is 6.08. The molecular formula is C14H21ClO2. The predicted octanol–water partition coefficient (Wildman–Crippen LogP) is 3.45. The molecule has 0 spiro atoms. The van der Waals surface area contributed by atoms with E-state index >= 15 is 0 Å². The molecule has 0 radical (unpaired) electrons. The van der Waals surface area contributed by atoms with E-state index in [4.69, 9.17) is 16.3 Å². The SMILES string of the molecule is CCOC(C)(CC)C(O)Cc1ccc(Cl)cc1. The van der Waals surface area contributed by atoms with Crippen LogP contribution in [0.5, 0.6) is 0 Å². The molecule has 2 nitrogen and oxygen atoms in total. The minimum atomic E-state index is -0.506. The number of benzene rings is 1. The number of hydrogen-bond acceptors (Lipinski definition) is 2. The zero-order valence-corrected chi connectivity index (χ0v) is 11.5. The topological polar surface area (TPSA) is 29.5 Å². The summed E-state index contributed by atoms with van der Waals surface area (Å²) >= 11 is 5.83. The van der Waals surface area contributed by atoms with Gasteiger partial charge >= 0.3 is 0 Å². The van der Waals surface area contributed by atoms with Crippen molar-refractivity contribution in [3.63, 3.8) is 0 Å². The van der Waals surface area contributed by atoms with Crippen LogP contribution in [-0.4, -0.2) is 23.4 Å². The molecule has 1 aromatic rings. The van der Waals surface area contributed by atoms with E-state index < -0.39 is 11.7 Å². The van der Waals surface area contributed by atoms with Gasteiger partial charge in [-0.05, 0) is 38.0 Å². The van der Waals surface area contributed by atoms with Crippen LogP contribution in [0, 0.1) is 0 Å². The Bertz CT molecular complexity index is 337. The average Bonchev–Trinajstić information content (AvgIpc) is 2.32. The molecule has 0 bridgehead atoms. The summed E-state index contributed by atoms with van der Waals surface area (Å²) in [7, 11) is 0. The maximum absolute atomic E-state index is 10.3. The fraction of sp³-hybridized carbons (Fsp3) is 0.571. The van der Waals surface area contributed by atoms with Crippen molar-refractivity contribution < 1.29 is 9.84 Å². The molecule has 1 rings (SSSR count). The molecule has 0 heterocycles. The molecule has 0 saturated heterocycles. The second-order valence-electron chi connectivity index (χ2n) is 4.45. The molecule has 0 fully saturated rings. The maximum Gasteiger partial charge on any atom is 0.0912 e. The number of aliphatic hydroxyl groups is 1. The molecule has 96 valence electrons. The van der Waals surface area contributed by atoms with E-state index in [-0.39, 0.29) is 0 Å². The van der Waals surface area contributed by atoms with Crippen molar-refractivity contribution in [3.05, 3.63) is 34.9 Å². The van der Waals surface area contributed by atoms with Crippen molar-refractivity contribution in [2.45, 2.75) is 45.3 Å². The van der Waals surface area contributed by atoms with E-state index in [0.29, 0.717) is 18.1 Å². The average molecular weight is 257 g/mol. The minimum Gasteiger partial charge on any atom is -0.390 e. The van der Waals surface area contributed by atoms with E-state index in [1.54, 1.807) is 0 Å². The highest BCUT2D eigenvalue weighted by Gasteiger charge is 2.31. The van der Waals surface area contributed by atoms with Crippen LogP contribution in [0.1, 0.15) is 32.8 Å². The number of aliphatic hydroxyl groups excluding tert-OH is 1. The van der Waals surface area contributed by atoms with Gasteiger partial charge in [0.15, 0.2) is 0 Å². The Labute approximate surface area is 109 Å². The summed E-state index contributed by atoms with van der Waals surface area (Å²) in [4.78, 5) is 0. The lowest BCUT2D eigenvalue weighted by Gasteiger charge is -2.33. The van der Waals surface area contributed by atoms with Gasteiger partial charge in [0.2, 0.25) is 0 Å². The highest BCUT2D eigenvalue weighted by Crippen LogP contribution is 2.23. The van der Waals surface area contributed by atoms with Crippen molar-refractivity contribution in [2.75, 3.05) is 6.61 Å². The molecule has 2 unspecified atom stereocenters. The quantitative estimate of drug-likeness (QED) is 0.845. The molecular weight excluding hydrogens is 236 g/mol. The zero-order valence-electron chi connectivity index (χ0n) is 10.7. The maximum atomic E-state index is 10.3. The predicted molar refractivity (Wildman–Crippen MR) is 71.5 cm³/mol. The minimum absolute atomic E-state index is 0.478. The van der Waals surface area contributed by atoms with Crippen LogP contribution in [0.2, 0.25) is 5.02 Å². The van der Waals surface area contributed by atoms with Gasteiger partial charge in [0.05, 0.1) is 11.7 Å². The Balaban J connectivity index is 2.69. The summed E-state index contributed by atoms with van der Waals surface area (Å²) in [5, 5.41) is 11.0. The van der Waals surface area contributed by atoms with Gasteiger partial charge in [-0.15, -0.1) is 0 Å². The van der Waals surface area contributed by atoms with Crippen LogP contribution in [0.15, 0.2) is 24.3 Å². The number of hydrogen-bond donors (Lipinski definition) is 1. The number of rotatable bonds is 6. The van der Waals surface area contributed by atoms with Gasteiger partial charge in [-0.3, -0.25) is 0 Å². The highest BCUT2D eigenvalue weighted by molar-refractivity contribution is 6.30. The summed E-state index contributed by atoms with van der Waals surface area (Å²) in [5.74, 6) is 0. The first-order valence-corrected chi connectivity index (χ1v) is 6.46. The fourth-order valence-electron chi connectivity index (χ4n) is 1.82. The summed E-state index contributed by atoms with van der Waals surface area (Å²) in [6, 6.07) is 7.56. The van der Waals surface area contributed by atoms with Gasteiger partial charge in [0.25, 0.3) is 0 Å². The van der Waals surface area contributed by atoms with Crippen LogP contribution >= 0.6 is 11.6 Å². The lowest BCUT2D eigenvalue weighted by Crippen LogP contribution is -2.42. The molecule has 0 aliphatic rings. The molecule has 0 aliphatic heterocycles. The molecule has 0 aliphatic carbocycles. The second kappa shape index (κ2) is 6.39.